The average Bonchev–Trinajstić information content (AvgIpc) is 2.69. The summed E-state index contributed by atoms with van der Waals surface area (Å²) in [6, 6.07) is 0.0925. The van der Waals surface area contributed by atoms with Gasteiger partial charge in [-0.1, -0.05) is 11.3 Å². The molecule has 0 aliphatic carbocycles. The first-order valence-electron chi connectivity index (χ1n) is 6.28. The van der Waals surface area contributed by atoms with Crippen LogP contribution in [0.15, 0.2) is 9.00 Å². The zero-order valence-corrected chi connectivity index (χ0v) is 12.7. The van der Waals surface area contributed by atoms with Crippen LogP contribution >= 0.6 is 11.3 Å². The first kappa shape index (κ1) is 14.7. The third kappa shape index (κ3) is 2.91. The molecular formula is C11H19N3O3S2. The van der Waals surface area contributed by atoms with Gasteiger partial charge in [-0.25, -0.2) is 8.42 Å². The lowest BCUT2D eigenvalue weighted by Gasteiger charge is -2.32. The number of thiazole rings is 1. The van der Waals surface area contributed by atoms with Gasteiger partial charge >= 0.3 is 4.87 Å². The molecule has 2 heterocycles. The van der Waals surface area contributed by atoms with Gasteiger partial charge in [-0.2, -0.15) is 4.31 Å². The maximum atomic E-state index is 12.4. The molecular weight excluding hydrogens is 286 g/mol. The van der Waals surface area contributed by atoms with Crippen molar-refractivity contribution in [2.75, 3.05) is 13.1 Å². The van der Waals surface area contributed by atoms with Crippen molar-refractivity contribution in [3.05, 3.63) is 15.4 Å². The number of nitrogens with zero attached hydrogens (tertiary/aromatic N) is 1. The maximum absolute atomic E-state index is 12.4. The third-order valence-corrected chi connectivity index (χ3v) is 7.08. The SMILES string of the molecule is Cc1[nH]c(=O)sc1S(=O)(=O)N1CCC(C(C)N)CC1. The van der Waals surface area contributed by atoms with Crippen molar-refractivity contribution in [3.8, 4) is 0 Å². The quantitative estimate of drug-likeness (QED) is 0.849. The third-order valence-electron chi connectivity index (χ3n) is 3.60. The van der Waals surface area contributed by atoms with E-state index in [0.29, 0.717) is 24.7 Å². The summed E-state index contributed by atoms with van der Waals surface area (Å²) >= 11 is 0.757. The van der Waals surface area contributed by atoms with Crippen LogP contribution in [-0.2, 0) is 10.0 Å². The van der Waals surface area contributed by atoms with E-state index < -0.39 is 10.0 Å². The van der Waals surface area contributed by atoms with Crippen molar-refractivity contribution >= 4 is 21.4 Å². The van der Waals surface area contributed by atoms with E-state index in [1.165, 1.54) is 4.31 Å². The van der Waals surface area contributed by atoms with Crippen molar-refractivity contribution in [3.63, 3.8) is 0 Å². The van der Waals surface area contributed by atoms with E-state index in [1.54, 1.807) is 6.92 Å². The van der Waals surface area contributed by atoms with Gasteiger partial charge in [-0.15, -0.1) is 0 Å². The number of aryl methyl sites for hydroxylation is 1. The van der Waals surface area contributed by atoms with Crippen LogP contribution in [0.25, 0.3) is 0 Å². The van der Waals surface area contributed by atoms with Gasteiger partial charge in [-0.3, -0.25) is 4.79 Å². The Balaban J connectivity index is 2.19. The second kappa shape index (κ2) is 5.35. The lowest BCUT2D eigenvalue weighted by molar-refractivity contribution is 0.251. The summed E-state index contributed by atoms with van der Waals surface area (Å²) in [5.74, 6) is 0.373. The molecule has 1 saturated heterocycles. The molecule has 1 aliphatic rings. The Bertz CT molecular complexity index is 595. The Kier molecular flexibility index (Phi) is 4.14. The van der Waals surface area contributed by atoms with E-state index in [0.717, 1.165) is 24.2 Å². The standard InChI is InChI=1S/C11H19N3O3S2/c1-7(12)9-3-5-14(6-4-9)19(16,17)10-8(2)13-11(15)18-10/h7,9H,3-6,12H2,1-2H3,(H,13,15). The smallest absolute Gasteiger partial charge is 0.305 e. The fraction of sp³-hybridized carbons (Fsp3) is 0.727. The molecule has 1 atom stereocenters. The molecule has 3 N–H and O–H groups in total. The summed E-state index contributed by atoms with van der Waals surface area (Å²) in [5, 5.41) is 0. The summed E-state index contributed by atoms with van der Waals surface area (Å²) in [5.41, 5.74) is 6.27. The average molecular weight is 305 g/mol. The number of hydrogen-bond acceptors (Lipinski definition) is 5. The molecule has 1 aliphatic heterocycles. The number of H-pyrrole nitrogens is 1. The van der Waals surface area contributed by atoms with Crippen molar-refractivity contribution in [2.45, 2.75) is 36.9 Å². The van der Waals surface area contributed by atoms with E-state index in [-0.39, 0.29) is 15.1 Å². The number of sulfonamides is 1. The van der Waals surface area contributed by atoms with E-state index in [4.69, 9.17) is 5.73 Å². The van der Waals surface area contributed by atoms with Crippen LogP contribution in [0.1, 0.15) is 25.5 Å². The van der Waals surface area contributed by atoms with Crippen molar-refractivity contribution in [1.29, 1.82) is 0 Å². The van der Waals surface area contributed by atoms with E-state index in [9.17, 15) is 13.2 Å². The Hall–Kier alpha value is -0.700. The number of piperidine rings is 1. The summed E-state index contributed by atoms with van der Waals surface area (Å²) in [6.07, 6.45) is 1.55. The fourth-order valence-electron chi connectivity index (χ4n) is 2.40. The van der Waals surface area contributed by atoms with Gasteiger partial charge < -0.3 is 10.7 Å². The molecule has 6 nitrogen and oxygen atoms in total. The highest BCUT2D eigenvalue weighted by molar-refractivity contribution is 7.91. The van der Waals surface area contributed by atoms with Crippen molar-refractivity contribution < 1.29 is 8.42 Å². The normalized spacial score (nSPS) is 20.6. The highest BCUT2D eigenvalue weighted by atomic mass is 32.2. The van der Waals surface area contributed by atoms with E-state index >= 15 is 0 Å². The highest BCUT2D eigenvalue weighted by Crippen LogP contribution is 2.27. The second-order valence-electron chi connectivity index (χ2n) is 5.03. The van der Waals surface area contributed by atoms with Crippen LogP contribution in [0.3, 0.4) is 0 Å². The molecule has 0 aromatic carbocycles. The van der Waals surface area contributed by atoms with Gasteiger partial charge in [0.15, 0.2) is 4.21 Å². The Morgan fingerprint density at radius 1 is 1.42 bits per heavy atom. The topological polar surface area (TPSA) is 96.3 Å². The molecule has 2 rings (SSSR count). The highest BCUT2D eigenvalue weighted by Gasteiger charge is 2.32. The summed E-state index contributed by atoms with van der Waals surface area (Å²) < 4.78 is 26.5. The van der Waals surface area contributed by atoms with Gasteiger partial charge in [0, 0.05) is 24.8 Å². The number of hydrogen-bond donors (Lipinski definition) is 2. The number of rotatable bonds is 3. The van der Waals surface area contributed by atoms with Crippen LogP contribution in [0.4, 0.5) is 0 Å². The van der Waals surface area contributed by atoms with Crippen LogP contribution in [0, 0.1) is 12.8 Å². The number of nitrogens with two attached hydrogens (primary N) is 1. The van der Waals surface area contributed by atoms with E-state index in [2.05, 4.69) is 4.98 Å². The van der Waals surface area contributed by atoms with Gasteiger partial charge in [-0.05, 0) is 32.6 Å². The van der Waals surface area contributed by atoms with Crippen LogP contribution in [0.2, 0.25) is 0 Å². The van der Waals surface area contributed by atoms with Gasteiger partial charge in [0.25, 0.3) is 10.0 Å². The minimum absolute atomic E-state index is 0.0925. The zero-order chi connectivity index (χ0) is 14.2. The molecule has 8 heteroatoms. The molecule has 1 unspecified atom stereocenters. The molecule has 1 fully saturated rings. The number of aromatic nitrogens is 1. The van der Waals surface area contributed by atoms with Crippen LogP contribution in [-0.4, -0.2) is 36.8 Å². The monoisotopic (exact) mass is 305 g/mol. The molecule has 0 saturated carbocycles. The zero-order valence-electron chi connectivity index (χ0n) is 11.0. The molecule has 1 aromatic heterocycles. The Labute approximate surface area is 116 Å². The maximum Gasteiger partial charge on any atom is 0.305 e. The summed E-state index contributed by atoms with van der Waals surface area (Å²) in [4.78, 5) is 13.4. The van der Waals surface area contributed by atoms with Gasteiger partial charge in [0.2, 0.25) is 0 Å². The van der Waals surface area contributed by atoms with Crippen molar-refractivity contribution in [1.82, 2.24) is 9.29 Å². The number of aromatic amines is 1. The number of nitrogens with one attached hydrogen (secondary N) is 1. The first-order valence-corrected chi connectivity index (χ1v) is 8.53. The fourth-order valence-corrected chi connectivity index (χ4v) is 5.30. The largest absolute Gasteiger partial charge is 0.328 e. The van der Waals surface area contributed by atoms with Gasteiger partial charge in [0.05, 0.1) is 0 Å². The predicted molar refractivity (Wildman–Crippen MR) is 74.8 cm³/mol. The van der Waals surface area contributed by atoms with Gasteiger partial charge in [0.1, 0.15) is 0 Å². The lowest BCUT2D eigenvalue weighted by Crippen LogP contribution is -2.42. The van der Waals surface area contributed by atoms with Crippen LogP contribution < -0.4 is 10.6 Å². The molecule has 0 amide bonds. The Morgan fingerprint density at radius 2 is 2.00 bits per heavy atom. The molecule has 0 bridgehead atoms. The lowest BCUT2D eigenvalue weighted by atomic mass is 9.92. The molecule has 1 aromatic rings. The second-order valence-corrected chi connectivity index (χ2v) is 8.14. The van der Waals surface area contributed by atoms with Crippen molar-refractivity contribution in [2.24, 2.45) is 11.7 Å². The van der Waals surface area contributed by atoms with E-state index in [1.807, 2.05) is 6.92 Å². The summed E-state index contributed by atoms with van der Waals surface area (Å²) in [7, 11) is -3.54. The Morgan fingerprint density at radius 3 is 2.42 bits per heavy atom. The molecule has 0 spiro atoms. The predicted octanol–water partition coefficient (Wildman–Crippen LogP) is 0.493. The molecule has 108 valence electrons. The minimum atomic E-state index is -3.54. The minimum Gasteiger partial charge on any atom is -0.328 e. The molecule has 0 radical (unpaired) electrons. The molecule has 19 heavy (non-hydrogen) atoms. The summed E-state index contributed by atoms with van der Waals surface area (Å²) in [6.45, 7) is 4.51. The van der Waals surface area contributed by atoms with Crippen LogP contribution in [0.5, 0.6) is 0 Å². The first-order chi connectivity index (χ1) is 8.82.